The fourth-order valence-corrected chi connectivity index (χ4v) is 3.72. The van der Waals surface area contributed by atoms with Crippen LogP contribution in [0.15, 0.2) is 53.6 Å². The Labute approximate surface area is 146 Å². The van der Waals surface area contributed by atoms with E-state index in [1.54, 1.807) is 0 Å². The average Bonchev–Trinajstić information content (AvgIpc) is 2.86. The molecule has 0 bridgehead atoms. The van der Waals surface area contributed by atoms with Crippen LogP contribution >= 0.6 is 0 Å². The van der Waals surface area contributed by atoms with E-state index in [-0.39, 0.29) is 0 Å². The molecule has 3 rings (SSSR count). The van der Waals surface area contributed by atoms with Gasteiger partial charge in [0.1, 0.15) is 0 Å². The quantitative estimate of drug-likeness (QED) is 0.693. The van der Waals surface area contributed by atoms with Crippen LogP contribution in [0.5, 0.6) is 0 Å². The second-order valence-corrected chi connectivity index (χ2v) is 6.98. The molecule has 0 saturated carbocycles. The molecule has 0 heterocycles. The summed E-state index contributed by atoms with van der Waals surface area (Å²) in [5.41, 5.74) is 12.3. The largest absolute Gasteiger partial charge is 0.381 e. The number of benzene rings is 2. The highest BCUT2D eigenvalue weighted by molar-refractivity contribution is 5.78. The van der Waals surface area contributed by atoms with Gasteiger partial charge in [-0.25, -0.2) is 0 Å². The number of nitrogens with one attached hydrogen (secondary N) is 1. The first-order valence-corrected chi connectivity index (χ1v) is 8.74. The maximum Gasteiger partial charge on any atom is 0.0407 e. The summed E-state index contributed by atoms with van der Waals surface area (Å²) in [4.78, 5) is 0. The van der Waals surface area contributed by atoms with Crippen LogP contribution in [0.3, 0.4) is 0 Å². The van der Waals surface area contributed by atoms with Gasteiger partial charge < -0.3 is 5.32 Å². The fraction of sp³-hybridized carbons (Fsp3) is 0.304. The third kappa shape index (κ3) is 3.17. The van der Waals surface area contributed by atoms with Crippen LogP contribution in [0.2, 0.25) is 0 Å². The molecule has 1 heteroatoms. The van der Waals surface area contributed by atoms with Gasteiger partial charge in [0, 0.05) is 12.2 Å². The molecule has 0 aromatic heterocycles. The Balaban J connectivity index is 1.88. The summed E-state index contributed by atoms with van der Waals surface area (Å²) < 4.78 is 0. The summed E-state index contributed by atoms with van der Waals surface area (Å²) in [5, 5.41) is 3.68. The van der Waals surface area contributed by atoms with E-state index in [0.717, 1.165) is 13.0 Å². The molecule has 1 aliphatic carbocycles. The van der Waals surface area contributed by atoms with E-state index >= 15 is 0 Å². The summed E-state index contributed by atoms with van der Waals surface area (Å²) in [7, 11) is 0. The van der Waals surface area contributed by atoms with Gasteiger partial charge in [0.25, 0.3) is 0 Å². The number of allylic oxidation sites excluding steroid dienone is 4. The van der Waals surface area contributed by atoms with Crippen molar-refractivity contribution in [2.45, 2.75) is 47.6 Å². The van der Waals surface area contributed by atoms with Gasteiger partial charge in [-0.05, 0) is 74.4 Å². The summed E-state index contributed by atoms with van der Waals surface area (Å²) in [5.74, 6) is 0. The van der Waals surface area contributed by atoms with E-state index in [9.17, 15) is 0 Å². The molecule has 0 amide bonds. The lowest BCUT2D eigenvalue weighted by Gasteiger charge is -2.17. The molecule has 0 aliphatic heterocycles. The number of aryl methyl sites for hydroxylation is 3. The highest BCUT2D eigenvalue weighted by atomic mass is 14.9. The SMILES string of the molecule is CC1=CCC(c2ccccc2CNc2c(C)cc(C)cc2C)=C1C. The molecule has 1 N–H and O–H groups in total. The number of rotatable bonds is 4. The van der Waals surface area contributed by atoms with Crippen LogP contribution in [0.4, 0.5) is 5.69 Å². The Bertz CT molecular complexity index is 814. The second kappa shape index (κ2) is 6.68. The Kier molecular flexibility index (Phi) is 4.62. The highest BCUT2D eigenvalue weighted by Crippen LogP contribution is 2.35. The second-order valence-electron chi connectivity index (χ2n) is 6.98. The maximum absolute atomic E-state index is 3.68. The fourth-order valence-electron chi connectivity index (χ4n) is 3.72. The summed E-state index contributed by atoms with van der Waals surface area (Å²) in [6.07, 6.45) is 3.39. The molecule has 1 aliphatic rings. The zero-order valence-electron chi connectivity index (χ0n) is 15.5. The molecule has 0 radical (unpaired) electrons. The molecule has 0 unspecified atom stereocenters. The molecule has 2 aromatic carbocycles. The minimum absolute atomic E-state index is 0.858. The molecular weight excluding hydrogens is 290 g/mol. The predicted octanol–water partition coefficient (Wildman–Crippen LogP) is 6.35. The number of anilines is 1. The summed E-state index contributed by atoms with van der Waals surface area (Å²) in [6, 6.07) is 13.3. The van der Waals surface area contributed by atoms with Gasteiger partial charge in [-0.2, -0.15) is 0 Å². The molecule has 2 aromatic rings. The monoisotopic (exact) mass is 317 g/mol. The zero-order chi connectivity index (χ0) is 17.3. The number of hydrogen-bond acceptors (Lipinski definition) is 1. The van der Waals surface area contributed by atoms with Crippen molar-refractivity contribution in [1.29, 1.82) is 0 Å². The first kappa shape index (κ1) is 16.6. The van der Waals surface area contributed by atoms with Crippen molar-refractivity contribution in [2.24, 2.45) is 0 Å². The standard InChI is InChI=1S/C23H27N/c1-15-12-17(3)23(18(4)13-15)24-14-20-8-6-7-9-22(20)21-11-10-16(2)19(21)5/h6-10,12-13,24H,11,14H2,1-5H3. The van der Waals surface area contributed by atoms with Crippen molar-refractivity contribution in [3.05, 3.63) is 81.4 Å². The van der Waals surface area contributed by atoms with Crippen LogP contribution in [0, 0.1) is 20.8 Å². The molecule has 124 valence electrons. The van der Waals surface area contributed by atoms with Crippen molar-refractivity contribution >= 4 is 11.3 Å². The van der Waals surface area contributed by atoms with Crippen molar-refractivity contribution in [3.63, 3.8) is 0 Å². The summed E-state index contributed by atoms with van der Waals surface area (Å²) in [6.45, 7) is 11.8. The molecule has 0 fully saturated rings. The molecule has 0 atom stereocenters. The van der Waals surface area contributed by atoms with Gasteiger partial charge >= 0.3 is 0 Å². The van der Waals surface area contributed by atoms with Crippen LogP contribution in [-0.4, -0.2) is 0 Å². The average molecular weight is 317 g/mol. The minimum Gasteiger partial charge on any atom is -0.381 e. The van der Waals surface area contributed by atoms with Gasteiger partial charge in [-0.15, -0.1) is 0 Å². The van der Waals surface area contributed by atoms with Gasteiger partial charge in [0.05, 0.1) is 0 Å². The molecule has 24 heavy (non-hydrogen) atoms. The molecule has 0 saturated heterocycles. The van der Waals surface area contributed by atoms with E-state index in [0.29, 0.717) is 0 Å². The lowest BCUT2D eigenvalue weighted by Crippen LogP contribution is -2.05. The van der Waals surface area contributed by atoms with E-state index < -0.39 is 0 Å². The third-order valence-corrected chi connectivity index (χ3v) is 5.13. The van der Waals surface area contributed by atoms with Gasteiger partial charge in [0.2, 0.25) is 0 Å². The first-order valence-electron chi connectivity index (χ1n) is 8.74. The van der Waals surface area contributed by atoms with Gasteiger partial charge in [0.15, 0.2) is 0 Å². The van der Waals surface area contributed by atoms with Crippen LogP contribution < -0.4 is 5.32 Å². The zero-order valence-corrected chi connectivity index (χ0v) is 15.5. The highest BCUT2D eigenvalue weighted by Gasteiger charge is 2.15. The van der Waals surface area contributed by atoms with Crippen LogP contribution in [0.25, 0.3) is 5.57 Å². The Morgan fingerprint density at radius 1 is 0.917 bits per heavy atom. The number of hydrogen-bond donors (Lipinski definition) is 1. The van der Waals surface area contributed by atoms with Crippen LogP contribution in [-0.2, 0) is 6.54 Å². The molecule has 1 nitrogen and oxygen atoms in total. The van der Waals surface area contributed by atoms with E-state index in [1.165, 1.54) is 50.2 Å². The van der Waals surface area contributed by atoms with Crippen molar-refractivity contribution < 1.29 is 0 Å². The van der Waals surface area contributed by atoms with Gasteiger partial charge in [-0.1, -0.05) is 53.6 Å². The lowest BCUT2D eigenvalue weighted by molar-refractivity contribution is 1.11. The normalized spacial score (nSPS) is 14.1. The van der Waals surface area contributed by atoms with Crippen molar-refractivity contribution in [1.82, 2.24) is 0 Å². The van der Waals surface area contributed by atoms with Crippen LogP contribution in [0.1, 0.15) is 48.1 Å². The Hall–Kier alpha value is -2.28. The maximum atomic E-state index is 3.68. The predicted molar refractivity (Wildman–Crippen MR) is 105 cm³/mol. The summed E-state index contributed by atoms with van der Waals surface area (Å²) >= 11 is 0. The molecule has 0 spiro atoms. The van der Waals surface area contributed by atoms with Crippen molar-refractivity contribution in [2.75, 3.05) is 5.32 Å². The van der Waals surface area contributed by atoms with E-state index in [1.807, 2.05) is 0 Å². The van der Waals surface area contributed by atoms with E-state index in [2.05, 4.69) is 82.4 Å². The first-order chi connectivity index (χ1) is 11.5. The Morgan fingerprint density at radius 2 is 1.58 bits per heavy atom. The van der Waals surface area contributed by atoms with E-state index in [4.69, 9.17) is 0 Å². The third-order valence-electron chi connectivity index (χ3n) is 5.13. The van der Waals surface area contributed by atoms with Crippen molar-refractivity contribution in [3.8, 4) is 0 Å². The smallest absolute Gasteiger partial charge is 0.0407 e. The lowest BCUT2D eigenvalue weighted by atomic mass is 9.95. The molecular formula is C23H27N. The topological polar surface area (TPSA) is 12.0 Å². The minimum atomic E-state index is 0.858. The van der Waals surface area contributed by atoms with Gasteiger partial charge in [-0.3, -0.25) is 0 Å². The Morgan fingerprint density at radius 3 is 2.21 bits per heavy atom.